The molecular formula is C41H33Cl2N3O9. The van der Waals surface area contributed by atoms with Crippen LogP contribution >= 0.6 is 23.2 Å². The number of benzene rings is 4. The fourth-order valence-electron chi connectivity index (χ4n) is 9.12. The Morgan fingerprint density at radius 2 is 1.64 bits per heavy atom. The van der Waals surface area contributed by atoms with Crippen molar-refractivity contribution in [1.82, 2.24) is 5.01 Å². The summed E-state index contributed by atoms with van der Waals surface area (Å²) < 4.78 is 11.0. The van der Waals surface area contributed by atoms with Crippen LogP contribution in [0.4, 0.5) is 11.4 Å². The molecule has 2 aliphatic carbocycles. The lowest BCUT2D eigenvalue weighted by molar-refractivity contribution is -0.138. The van der Waals surface area contributed by atoms with Crippen molar-refractivity contribution < 1.29 is 43.7 Å². The molecular weight excluding hydrogens is 749 g/mol. The third-order valence-corrected chi connectivity index (χ3v) is 12.0. The van der Waals surface area contributed by atoms with Crippen molar-refractivity contribution in [1.29, 1.82) is 0 Å². The maximum absolute atomic E-state index is 15.4. The van der Waals surface area contributed by atoms with E-state index >= 15 is 4.79 Å². The summed E-state index contributed by atoms with van der Waals surface area (Å²) >= 11 is 12.7. The predicted molar refractivity (Wildman–Crippen MR) is 201 cm³/mol. The number of carbonyl (C=O) groups is 5. The first-order valence-corrected chi connectivity index (χ1v) is 18.2. The molecule has 4 aliphatic rings. The number of rotatable bonds is 8. The van der Waals surface area contributed by atoms with Gasteiger partial charge in [0.05, 0.1) is 59.3 Å². The summed E-state index contributed by atoms with van der Waals surface area (Å²) in [5.41, 5.74) is 3.35. The summed E-state index contributed by atoms with van der Waals surface area (Å²) in [4.78, 5) is 71.9. The van der Waals surface area contributed by atoms with E-state index in [2.05, 4.69) is 5.43 Å². The zero-order valence-corrected chi connectivity index (χ0v) is 30.9. The number of phenols is 1. The van der Waals surface area contributed by atoms with Crippen molar-refractivity contribution >= 4 is 64.2 Å². The van der Waals surface area contributed by atoms with Crippen molar-refractivity contribution in [3.05, 3.63) is 123 Å². The number of carbonyl (C=O) groups excluding carboxylic acids is 4. The Kier molecular flexibility index (Phi) is 8.85. The molecule has 280 valence electrons. The van der Waals surface area contributed by atoms with Crippen LogP contribution in [0.15, 0.2) is 96.6 Å². The maximum atomic E-state index is 15.4. The number of nitrogens with one attached hydrogen (secondary N) is 1. The first-order chi connectivity index (χ1) is 26.4. The Hall–Kier alpha value is -5.85. The summed E-state index contributed by atoms with van der Waals surface area (Å²) in [7, 11) is 2.92. The van der Waals surface area contributed by atoms with E-state index in [1.807, 2.05) is 6.08 Å². The van der Waals surface area contributed by atoms with Gasteiger partial charge >= 0.3 is 5.97 Å². The van der Waals surface area contributed by atoms with Crippen LogP contribution in [-0.2, 0) is 24.6 Å². The number of amides is 4. The molecule has 2 heterocycles. The minimum absolute atomic E-state index is 0.0177. The molecule has 1 saturated carbocycles. The summed E-state index contributed by atoms with van der Waals surface area (Å²) in [5.74, 6) is -7.26. The molecule has 14 heteroatoms. The number of carboxylic acid groups (broad SMARTS) is 1. The van der Waals surface area contributed by atoms with Gasteiger partial charge in [-0.15, -0.1) is 0 Å². The van der Waals surface area contributed by atoms with Crippen molar-refractivity contribution in [2.45, 2.75) is 24.2 Å². The van der Waals surface area contributed by atoms with Crippen LogP contribution < -0.4 is 19.8 Å². The van der Waals surface area contributed by atoms with E-state index in [0.717, 1.165) is 9.91 Å². The highest BCUT2D eigenvalue weighted by atomic mass is 35.5. The summed E-state index contributed by atoms with van der Waals surface area (Å²) in [6, 6.07) is 21.9. The smallest absolute Gasteiger partial charge is 0.335 e. The van der Waals surface area contributed by atoms with E-state index in [4.69, 9.17) is 32.7 Å². The highest BCUT2D eigenvalue weighted by molar-refractivity contribution is 6.36. The largest absolute Gasteiger partial charge is 0.504 e. The molecule has 3 fully saturated rings. The van der Waals surface area contributed by atoms with Crippen LogP contribution in [0.5, 0.6) is 17.2 Å². The lowest BCUT2D eigenvalue weighted by atomic mass is 9.49. The van der Waals surface area contributed by atoms with E-state index in [0.29, 0.717) is 27.5 Å². The van der Waals surface area contributed by atoms with Gasteiger partial charge in [0.2, 0.25) is 11.8 Å². The number of aromatic carboxylic acids is 1. The molecule has 2 saturated heterocycles. The van der Waals surface area contributed by atoms with Crippen molar-refractivity contribution in [3.63, 3.8) is 0 Å². The number of nitrogens with zero attached hydrogens (tertiary/aromatic N) is 2. The van der Waals surface area contributed by atoms with Gasteiger partial charge in [0, 0.05) is 10.9 Å². The average molecular weight is 783 g/mol. The van der Waals surface area contributed by atoms with E-state index in [1.165, 1.54) is 50.6 Å². The predicted octanol–water partition coefficient (Wildman–Crippen LogP) is 6.60. The van der Waals surface area contributed by atoms with Crippen molar-refractivity contribution in [2.75, 3.05) is 24.5 Å². The van der Waals surface area contributed by atoms with Gasteiger partial charge in [0.1, 0.15) is 5.75 Å². The minimum atomic E-state index is -1.62. The Labute approximate surface area is 324 Å². The van der Waals surface area contributed by atoms with E-state index in [9.17, 15) is 29.4 Å². The maximum Gasteiger partial charge on any atom is 0.335 e. The molecule has 12 nitrogen and oxygen atoms in total. The fourth-order valence-corrected chi connectivity index (χ4v) is 9.58. The standard InChI is InChI=1S/C41H33Cl2N3O9/c1-54-25-10-7-22(8-11-25)41-29(37(49)46(40(41)53)44-31-14-9-23(42)18-30(31)43)19-28-26(35(41)20-6-15-32(47)33(17-20)55-2)12-13-27-34(28)38(50)45(36(27)48)24-5-3-4-21(16-24)39(51)52/h3-12,14-18,27-29,34-35,44,47H,13,19H2,1-2H3,(H,51,52)/t27-,28+,29-,34-,35-,41+/m0/s1. The van der Waals surface area contributed by atoms with Crippen LogP contribution in [0, 0.1) is 23.7 Å². The SMILES string of the molecule is COc1ccc([C@@]23C(=O)N(Nc4ccc(Cl)cc4Cl)C(=O)[C@@H]2C[C@@H]2C(=CC[C@@H]4C(=O)N(c5cccc(C(=O)O)c5)C(=O)[C@@H]42)[C@@H]3c2ccc(O)c(OC)c2)cc1. The van der Waals surface area contributed by atoms with Gasteiger partial charge in [-0.2, -0.15) is 5.01 Å². The molecule has 55 heavy (non-hydrogen) atoms. The molecule has 4 amide bonds. The Morgan fingerprint density at radius 3 is 2.33 bits per heavy atom. The van der Waals surface area contributed by atoms with E-state index in [1.54, 1.807) is 48.5 Å². The monoisotopic (exact) mass is 781 g/mol. The van der Waals surface area contributed by atoms with Gasteiger partial charge in [0.25, 0.3) is 11.8 Å². The van der Waals surface area contributed by atoms with Gasteiger partial charge in [-0.05, 0) is 90.6 Å². The number of hydrogen-bond donors (Lipinski definition) is 3. The lowest BCUT2D eigenvalue weighted by Crippen LogP contribution is -2.53. The fraction of sp³-hybridized carbons (Fsp3) is 0.244. The van der Waals surface area contributed by atoms with Crippen LogP contribution in [0.1, 0.15) is 40.2 Å². The van der Waals surface area contributed by atoms with Gasteiger partial charge < -0.3 is 19.7 Å². The number of anilines is 2. The normalized spacial score (nSPS) is 25.6. The summed E-state index contributed by atoms with van der Waals surface area (Å²) in [5, 5.41) is 21.8. The second kappa shape index (κ2) is 13.5. The number of aromatic hydroxyl groups is 1. The molecule has 6 atom stereocenters. The van der Waals surface area contributed by atoms with Crippen LogP contribution in [0.3, 0.4) is 0 Å². The molecule has 0 bridgehead atoms. The minimum Gasteiger partial charge on any atom is -0.504 e. The molecule has 8 rings (SSSR count). The number of carboxylic acids is 1. The molecule has 0 unspecified atom stereocenters. The number of methoxy groups -OCH3 is 2. The molecule has 0 spiro atoms. The van der Waals surface area contributed by atoms with Crippen molar-refractivity contribution in [3.8, 4) is 17.2 Å². The highest BCUT2D eigenvalue weighted by Gasteiger charge is 2.70. The third-order valence-electron chi connectivity index (χ3n) is 11.5. The van der Waals surface area contributed by atoms with E-state index in [-0.39, 0.29) is 46.3 Å². The third kappa shape index (κ3) is 5.45. The lowest BCUT2D eigenvalue weighted by Gasteiger charge is -2.50. The first-order valence-electron chi connectivity index (χ1n) is 17.4. The zero-order chi connectivity index (χ0) is 38.9. The number of hydrazine groups is 1. The topological polar surface area (TPSA) is 163 Å². The number of imide groups is 2. The van der Waals surface area contributed by atoms with Gasteiger partial charge in [-0.25, -0.2) is 4.79 Å². The average Bonchev–Trinajstić information content (AvgIpc) is 3.56. The molecule has 2 aliphatic heterocycles. The number of phenolic OH excluding ortho intramolecular Hbond substituents is 1. The van der Waals surface area contributed by atoms with Crippen LogP contribution in [0.2, 0.25) is 10.0 Å². The molecule has 0 aromatic heterocycles. The molecule has 4 aromatic rings. The summed E-state index contributed by atoms with van der Waals surface area (Å²) in [6.45, 7) is 0. The molecule has 0 radical (unpaired) electrons. The van der Waals surface area contributed by atoms with Gasteiger partial charge in [0.15, 0.2) is 11.5 Å². The number of allylic oxidation sites excluding steroid dienone is 2. The van der Waals surface area contributed by atoms with Gasteiger partial charge in [-0.1, -0.05) is 59.1 Å². The summed E-state index contributed by atoms with van der Waals surface area (Å²) in [6.07, 6.45) is 2.06. The number of hydrogen-bond acceptors (Lipinski definition) is 9. The Balaban J connectivity index is 1.33. The number of ether oxygens (including phenoxy) is 2. The molecule has 3 N–H and O–H groups in total. The number of halogens is 2. The Morgan fingerprint density at radius 1 is 0.873 bits per heavy atom. The quantitative estimate of drug-likeness (QED) is 0.131. The first kappa shape index (κ1) is 36.1. The number of fused-ring (bicyclic) bond motifs is 4. The second-order valence-corrected chi connectivity index (χ2v) is 14.9. The Bertz CT molecular complexity index is 2350. The van der Waals surface area contributed by atoms with Crippen LogP contribution in [0.25, 0.3) is 0 Å². The van der Waals surface area contributed by atoms with Crippen molar-refractivity contribution in [2.24, 2.45) is 23.7 Å². The van der Waals surface area contributed by atoms with E-state index < -0.39 is 64.6 Å². The molecule has 4 aromatic carbocycles. The van der Waals surface area contributed by atoms with Gasteiger partial charge in [-0.3, -0.25) is 29.5 Å². The second-order valence-electron chi connectivity index (χ2n) is 14.0. The van der Waals surface area contributed by atoms with Crippen LogP contribution in [-0.4, -0.2) is 59.0 Å². The zero-order valence-electron chi connectivity index (χ0n) is 29.4. The highest BCUT2D eigenvalue weighted by Crippen LogP contribution is 2.64.